The number of fused-ring (bicyclic) bond motifs is 1. The number of nitrogens with one attached hydrogen (secondary N) is 1. The van der Waals surface area contributed by atoms with E-state index in [0.717, 1.165) is 11.3 Å². The Morgan fingerprint density at radius 3 is 2.62 bits per heavy atom. The van der Waals surface area contributed by atoms with Crippen LogP contribution in [0.5, 0.6) is 0 Å². The van der Waals surface area contributed by atoms with E-state index in [-0.39, 0.29) is 18.7 Å². The second-order valence-corrected chi connectivity index (χ2v) is 9.27. The van der Waals surface area contributed by atoms with Crippen molar-refractivity contribution in [3.8, 4) is 0 Å². The summed E-state index contributed by atoms with van der Waals surface area (Å²) in [5.74, 6) is -2.19. The first-order valence-electron chi connectivity index (χ1n) is 11.3. The lowest BCUT2D eigenvalue weighted by atomic mass is 10.00. The van der Waals surface area contributed by atoms with Gasteiger partial charge in [-0.15, -0.1) is 11.8 Å². The molecule has 37 heavy (non-hydrogen) atoms. The van der Waals surface area contributed by atoms with Crippen LogP contribution in [0.2, 0.25) is 0 Å². The number of carboxylic acids is 1. The first-order chi connectivity index (χ1) is 17.7. The van der Waals surface area contributed by atoms with Gasteiger partial charge in [-0.25, -0.2) is 9.97 Å². The Morgan fingerprint density at radius 1 is 1.24 bits per heavy atom. The van der Waals surface area contributed by atoms with Gasteiger partial charge in [-0.3, -0.25) is 24.5 Å². The number of non-ortho nitro benzene ring substituents is 1. The van der Waals surface area contributed by atoms with Crippen molar-refractivity contribution in [3.63, 3.8) is 0 Å². The number of thioether (sulfide) groups is 1. The lowest BCUT2D eigenvalue weighted by Gasteiger charge is -2.35. The molecule has 3 aromatic rings. The minimum absolute atomic E-state index is 0.0151. The van der Waals surface area contributed by atoms with Gasteiger partial charge in [-0.2, -0.15) is 0 Å². The molecule has 1 aromatic carbocycles. The largest absolute Gasteiger partial charge is 0.480 e. The van der Waals surface area contributed by atoms with Crippen molar-refractivity contribution in [2.45, 2.75) is 43.5 Å². The van der Waals surface area contributed by atoms with Crippen LogP contribution in [0.15, 0.2) is 53.9 Å². The number of aromatic nitrogens is 3. The van der Waals surface area contributed by atoms with Crippen molar-refractivity contribution in [1.82, 2.24) is 24.8 Å². The molecule has 0 saturated carbocycles. The molecule has 3 heterocycles. The van der Waals surface area contributed by atoms with Gasteiger partial charge in [0.2, 0.25) is 5.91 Å². The molecule has 1 aliphatic rings. The molecule has 192 valence electrons. The van der Waals surface area contributed by atoms with E-state index in [0.29, 0.717) is 22.8 Å². The van der Waals surface area contributed by atoms with Crippen molar-refractivity contribution in [2.75, 3.05) is 6.26 Å². The van der Waals surface area contributed by atoms with Crippen molar-refractivity contribution in [3.05, 3.63) is 81.6 Å². The van der Waals surface area contributed by atoms with Gasteiger partial charge in [0.05, 0.1) is 34.7 Å². The summed E-state index contributed by atoms with van der Waals surface area (Å²) < 4.78 is 1.84. The summed E-state index contributed by atoms with van der Waals surface area (Å²) in [6, 6.07) is 7.32. The SMILES string of the molecule is CSc1ncccc1C(=O)N1Cc2c(ncn2Cc2ccc([N+](=O)[O-])cc2)CC1C(=O)NC(C)C(=O)O. The standard InChI is InChI=1S/C24H24N6O6S/c1-14(24(33)34)27-21(31)19-10-18-20(12-29(19)23(32)17-4-3-9-25-22(17)37-2)28(13-26-18)11-15-5-7-16(8-6-15)30(35)36/h3-9,13-14,19H,10-12H2,1-2H3,(H,27,31)(H,33,34). The minimum atomic E-state index is -1.19. The molecule has 1 aliphatic heterocycles. The summed E-state index contributed by atoms with van der Waals surface area (Å²) in [6.45, 7) is 1.77. The fraction of sp³-hybridized carbons (Fsp3) is 0.292. The Labute approximate surface area is 215 Å². The zero-order chi connectivity index (χ0) is 26.7. The molecule has 13 heteroatoms. The van der Waals surface area contributed by atoms with E-state index in [4.69, 9.17) is 0 Å². The predicted octanol–water partition coefficient (Wildman–Crippen LogP) is 2.11. The summed E-state index contributed by atoms with van der Waals surface area (Å²) in [4.78, 5) is 58.7. The van der Waals surface area contributed by atoms with Crippen LogP contribution >= 0.6 is 11.8 Å². The zero-order valence-electron chi connectivity index (χ0n) is 20.0. The van der Waals surface area contributed by atoms with Crippen LogP contribution in [0.4, 0.5) is 5.69 Å². The van der Waals surface area contributed by atoms with Crippen molar-refractivity contribution >= 4 is 35.2 Å². The second kappa shape index (κ2) is 10.8. The third kappa shape index (κ3) is 5.45. The minimum Gasteiger partial charge on any atom is -0.480 e. The fourth-order valence-electron chi connectivity index (χ4n) is 4.11. The topological polar surface area (TPSA) is 161 Å². The number of imidazole rings is 1. The van der Waals surface area contributed by atoms with Gasteiger partial charge >= 0.3 is 5.97 Å². The van der Waals surface area contributed by atoms with Gasteiger partial charge in [0.25, 0.3) is 11.6 Å². The highest BCUT2D eigenvalue weighted by Crippen LogP contribution is 2.28. The number of carbonyl (C=O) groups excluding carboxylic acids is 2. The smallest absolute Gasteiger partial charge is 0.325 e. The maximum absolute atomic E-state index is 13.7. The number of nitrogens with zero attached hydrogens (tertiary/aromatic N) is 5. The number of amides is 2. The summed E-state index contributed by atoms with van der Waals surface area (Å²) in [5, 5.41) is 23.2. The molecule has 2 aromatic heterocycles. The normalized spacial score (nSPS) is 15.5. The van der Waals surface area contributed by atoms with E-state index < -0.39 is 34.8 Å². The Morgan fingerprint density at radius 2 is 1.97 bits per heavy atom. The summed E-state index contributed by atoms with van der Waals surface area (Å²) in [5.41, 5.74) is 2.46. The highest BCUT2D eigenvalue weighted by atomic mass is 32.2. The average Bonchev–Trinajstić information content (AvgIpc) is 3.29. The molecule has 0 bridgehead atoms. The monoisotopic (exact) mass is 524 g/mol. The summed E-state index contributed by atoms with van der Waals surface area (Å²) in [6.07, 6.45) is 5.08. The zero-order valence-corrected chi connectivity index (χ0v) is 20.8. The first-order valence-corrected chi connectivity index (χ1v) is 12.5. The van der Waals surface area contributed by atoms with Crippen LogP contribution in [-0.2, 0) is 29.1 Å². The summed E-state index contributed by atoms with van der Waals surface area (Å²) >= 11 is 1.30. The lowest BCUT2D eigenvalue weighted by Crippen LogP contribution is -2.55. The number of benzene rings is 1. The Kier molecular flexibility index (Phi) is 7.53. The van der Waals surface area contributed by atoms with Crippen LogP contribution in [0.3, 0.4) is 0 Å². The number of pyridine rings is 1. The number of hydrogen-bond acceptors (Lipinski definition) is 8. The fourth-order valence-corrected chi connectivity index (χ4v) is 4.65. The predicted molar refractivity (Wildman–Crippen MR) is 133 cm³/mol. The molecule has 0 saturated heterocycles. The molecule has 0 radical (unpaired) electrons. The van der Waals surface area contributed by atoms with Crippen LogP contribution in [0.1, 0.15) is 34.2 Å². The maximum Gasteiger partial charge on any atom is 0.325 e. The molecular weight excluding hydrogens is 500 g/mol. The molecule has 2 atom stereocenters. The van der Waals surface area contributed by atoms with Crippen molar-refractivity contribution in [2.24, 2.45) is 0 Å². The lowest BCUT2D eigenvalue weighted by molar-refractivity contribution is -0.384. The van der Waals surface area contributed by atoms with E-state index in [1.165, 1.54) is 35.7 Å². The highest BCUT2D eigenvalue weighted by Gasteiger charge is 2.38. The second-order valence-electron chi connectivity index (χ2n) is 8.47. The van der Waals surface area contributed by atoms with E-state index in [9.17, 15) is 29.6 Å². The summed E-state index contributed by atoms with van der Waals surface area (Å²) in [7, 11) is 0. The van der Waals surface area contributed by atoms with Crippen LogP contribution < -0.4 is 5.32 Å². The first kappa shape index (κ1) is 25.8. The van der Waals surface area contributed by atoms with Gasteiger partial charge in [0, 0.05) is 31.3 Å². The molecule has 0 aliphatic carbocycles. The average molecular weight is 525 g/mol. The number of nitro groups is 1. The van der Waals surface area contributed by atoms with Crippen molar-refractivity contribution < 1.29 is 24.4 Å². The number of rotatable bonds is 8. The van der Waals surface area contributed by atoms with Gasteiger partial charge in [0.15, 0.2) is 0 Å². The molecule has 4 rings (SSSR count). The van der Waals surface area contributed by atoms with Crippen LogP contribution in [0, 0.1) is 10.1 Å². The van der Waals surface area contributed by atoms with Gasteiger partial charge in [-0.05, 0) is 30.9 Å². The quantitative estimate of drug-likeness (QED) is 0.255. The van der Waals surface area contributed by atoms with Gasteiger partial charge in [-0.1, -0.05) is 12.1 Å². The van der Waals surface area contributed by atoms with Gasteiger partial charge in [0.1, 0.15) is 17.1 Å². The van der Waals surface area contributed by atoms with Gasteiger partial charge < -0.3 is 19.9 Å². The molecule has 2 unspecified atom stereocenters. The van der Waals surface area contributed by atoms with Crippen LogP contribution in [-0.4, -0.2) is 65.6 Å². The van der Waals surface area contributed by atoms with Crippen molar-refractivity contribution in [1.29, 1.82) is 0 Å². The molecule has 0 fully saturated rings. The van der Waals surface area contributed by atoms with E-state index in [2.05, 4.69) is 15.3 Å². The highest BCUT2D eigenvalue weighted by molar-refractivity contribution is 7.98. The number of aliphatic carboxylic acids is 1. The van der Waals surface area contributed by atoms with E-state index in [1.54, 1.807) is 43.0 Å². The van der Waals surface area contributed by atoms with E-state index in [1.807, 2.05) is 4.57 Å². The number of carboxylic acid groups (broad SMARTS) is 1. The Balaban J connectivity index is 1.67. The number of nitro benzene ring substituents is 1. The third-order valence-corrected chi connectivity index (χ3v) is 6.82. The van der Waals surface area contributed by atoms with Crippen LogP contribution in [0.25, 0.3) is 0 Å². The Hall–Kier alpha value is -4.26. The maximum atomic E-state index is 13.7. The molecular formula is C24H24N6O6S. The number of hydrogen-bond donors (Lipinski definition) is 2. The van der Waals surface area contributed by atoms with E-state index >= 15 is 0 Å². The molecule has 2 amide bonds. The molecule has 2 N–H and O–H groups in total. The molecule has 0 spiro atoms. The number of carbonyl (C=O) groups is 3. The third-order valence-electron chi connectivity index (χ3n) is 6.10. The molecule has 12 nitrogen and oxygen atoms in total. The Bertz CT molecular complexity index is 1360.